The highest BCUT2D eigenvalue weighted by Crippen LogP contribution is 2.20. The Hall–Kier alpha value is -2.59. The fraction of sp³-hybridized carbons (Fsp3) is 0.200. The van der Waals surface area contributed by atoms with Gasteiger partial charge < -0.3 is 9.88 Å². The molecule has 0 bridgehead atoms. The number of carbonyl (C=O) groups excluding carboxylic acids is 1. The van der Waals surface area contributed by atoms with Gasteiger partial charge in [0.1, 0.15) is 0 Å². The van der Waals surface area contributed by atoms with Crippen LogP contribution in [0.25, 0.3) is 10.9 Å². The maximum Gasteiger partial charge on any atom is 0.251 e. The van der Waals surface area contributed by atoms with E-state index in [1.54, 1.807) is 34.9 Å². The molecule has 128 valence electrons. The topological polar surface area (TPSA) is 51.1 Å². The summed E-state index contributed by atoms with van der Waals surface area (Å²) in [6, 6.07) is 14.5. The monoisotopic (exact) mass is 354 g/mol. The molecule has 0 spiro atoms. The van der Waals surface area contributed by atoms with E-state index in [1.165, 1.54) is 0 Å². The number of nitrogens with zero attached hydrogens (tertiary/aromatic N) is 1. The van der Waals surface area contributed by atoms with Gasteiger partial charge >= 0.3 is 0 Å². The molecule has 3 rings (SSSR count). The standard InChI is InChI=1S/C20H19ClN2O2/c1-13-4-3-5-17-14(2)12-19(25)23(20(13)17)11-10-18(24)22-16-8-6-15(21)7-9-16/h3-9,12H,10-11H2,1-2H3,(H,22,24). The quantitative estimate of drug-likeness (QED) is 0.759. The number of benzene rings is 2. The first kappa shape index (κ1) is 17.2. The molecule has 0 aliphatic heterocycles. The highest BCUT2D eigenvalue weighted by atomic mass is 35.5. The molecule has 1 amide bonds. The zero-order chi connectivity index (χ0) is 18.0. The van der Waals surface area contributed by atoms with E-state index in [0.29, 0.717) is 17.3 Å². The molecule has 0 fully saturated rings. The van der Waals surface area contributed by atoms with Crippen LogP contribution in [0.5, 0.6) is 0 Å². The third-order valence-corrected chi connectivity index (χ3v) is 4.48. The smallest absolute Gasteiger partial charge is 0.251 e. The maximum absolute atomic E-state index is 12.4. The Morgan fingerprint density at radius 2 is 1.80 bits per heavy atom. The highest BCUT2D eigenvalue weighted by molar-refractivity contribution is 6.30. The molecule has 0 unspecified atom stereocenters. The van der Waals surface area contributed by atoms with E-state index in [2.05, 4.69) is 5.32 Å². The molecule has 0 saturated heterocycles. The fourth-order valence-corrected chi connectivity index (χ4v) is 3.10. The zero-order valence-corrected chi connectivity index (χ0v) is 14.9. The molecule has 2 aromatic carbocycles. The number of halogens is 1. The van der Waals surface area contributed by atoms with Gasteiger partial charge in [0.05, 0.1) is 5.52 Å². The largest absolute Gasteiger partial charge is 0.326 e. The molecule has 1 N–H and O–H groups in total. The number of pyridine rings is 1. The number of rotatable bonds is 4. The molecule has 3 aromatic rings. The summed E-state index contributed by atoms with van der Waals surface area (Å²) in [5, 5.41) is 4.48. The van der Waals surface area contributed by atoms with E-state index < -0.39 is 0 Å². The van der Waals surface area contributed by atoms with Crippen LogP contribution in [0.1, 0.15) is 17.5 Å². The second-order valence-corrected chi connectivity index (χ2v) is 6.53. The maximum atomic E-state index is 12.4. The summed E-state index contributed by atoms with van der Waals surface area (Å²) in [7, 11) is 0. The van der Waals surface area contributed by atoms with Crippen molar-refractivity contribution in [3.8, 4) is 0 Å². The van der Waals surface area contributed by atoms with Gasteiger partial charge in [-0.2, -0.15) is 0 Å². The van der Waals surface area contributed by atoms with Crippen LogP contribution in [0.2, 0.25) is 5.02 Å². The third kappa shape index (κ3) is 3.74. The number of amides is 1. The van der Waals surface area contributed by atoms with Gasteiger partial charge in [-0.15, -0.1) is 0 Å². The predicted molar refractivity (Wildman–Crippen MR) is 102 cm³/mol. The van der Waals surface area contributed by atoms with Crippen LogP contribution in [0.4, 0.5) is 5.69 Å². The minimum absolute atomic E-state index is 0.0846. The van der Waals surface area contributed by atoms with E-state index >= 15 is 0 Å². The van der Waals surface area contributed by atoms with Crippen molar-refractivity contribution in [1.82, 2.24) is 4.57 Å². The molecule has 0 radical (unpaired) electrons. The van der Waals surface area contributed by atoms with E-state index in [-0.39, 0.29) is 17.9 Å². The minimum Gasteiger partial charge on any atom is -0.326 e. The lowest BCUT2D eigenvalue weighted by molar-refractivity contribution is -0.116. The SMILES string of the molecule is Cc1cc(=O)n(CCC(=O)Nc2ccc(Cl)cc2)c2c(C)cccc12. The molecular weight excluding hydrogens is 336 g/mol. The van der Waals surface area contributed by atoms with Crippen LogP contribution in [-0.4, -0.2) is 10.5 Å². The molecule has 0 saturated carbocycles. The number of para-hydroxylation sites is 1. The number of nitrogens with one attached hydrogen (secondary N) is 1. The Morgan fingerprint density at radius 3 is 2.52 bits per heavy atom. The van der Waals surface area contributed by atoms with Gasteiger partial charge in [-0.1, -0.05) is 29.8 Å². The number of aryl methyl sites for hydroxylation is 3. The summed E-state index contributed by atoms with van der Waals surface area (Å²) >= 11 is 5.84. The van der Waals surface area contributed by atoms with Crippen molar-refractivity contribution in [1.29, 1.82) is 0 Å². The molecule has 1 heterocycles. The summed E-state index contributed by atoms with van der Waals surface area (Å²) in [4.78, 5) is 24.6. The van der Waals surface area contributed by atoms with E-state index in [0.717, 1.165) is 22.0 Å². The lowest BCUT2D eigenvalue weighted by Gasteiger charge is -2.14. The molecule has 0 aliphatic rings. The first-order chi connectivity index (χ1) is 12.0. The van der Waals surface area contributed by atoms with Gasteiger partial charge in [0, 0.05) is 35.1 Å². The van der Waals surface area contributed by atoms with Crippen molar-refractivity contribution >= 4 is 34.1 Å². The first-order valence-electron chi connectivity index (χ1n) is 8.11. The molecule has 0 aliphatic carbocycles. The van der Waals surface area contributed by atoms with Gasteiger partial charge in [-0.05, 0) is 49.2 Å². The summed E-state index contributed by atoms with van der Waals surface area (Å²) < 4.78 is 1.68. The average molecular weight is 355 g/mol. The van der Waals surface area contributed by atoms with E-state index in [4.69, 9.17) is 11.6 Å². The molecular formula is C20H19ClN2O2. The second-order valence-electron chi connectivity index (χ2n) is 6.09. The Morgan fingerprint density at radius 1 is 1.08 bits per heavy atom. The highest BCUT2D eigenvalue weighted by Gasteiger charge is 2.10. The lowest BCUT2D eigenvalue weighted by atomic mass is 10.1. The molecule has 1 aromatic heterocycles. The van der Waals surface area contributed by atoms with Gasteiger partial charge in [0.15, 0.2) is 0 Å². The Kier molecular flexibility index (Phi) is 4.91. The van der Waals surface area contributed by atoms with Crippen LogP contribution in [0.15, 0.2) is 53.3 Å². The van der Waals surface area contributed by atoms with Gasteiger partial charge in [0.2, 0.25) is 5.91 Å². The summed E-state index contributed by atoms with van der Waals surface area (Å²) in [6.07, 6.45) is 0.217. The second kappa shape index (κ2) is 7.11. The number of aromatic nitrogens is 1. The van der Waals surface area contributed by atoms with Gasteiger partial charge in [-0.25, -0.2) is 0 Å². The Labute approximate surface area is 151 Å². The predicted octanol–water partition coefficient (Wildman–Crippen LogP) is 4.30. The van der Waals surface area contributed by atoms with Crippen molar-refractivity contribution < 1.29 is 4.79 Å². The number of hydrogen-bond acceptors (Lipinski definition) is 2. The number of anilines is 1. The van der Waals surface area contributed by atoms with Crippen molar-refractivity contribution in [2.24, 2.45) is 0 Å². The molecule has 0 atom stereocenters. The minimum atomic E-state index is -0.142. The Balaban J connectivity index is 1.82. The first-order valence-corrected chi connectivity index (χ1v) is 8.48. The number of carbonyl (C=O) groups is 1. The summed E-state index contributed by atoms with van der Waals surface area (Å²) in [6.45, 7) is 4.24. The number of hydrogen-bond donors (Lipinski definition) is 1. The molecule has 4 nitrogen and oxygen atoms in total. The van der Waals surface area contributed by atoms with Crippen LogP contribution in [0.3, 0.4) is 0 Å². The lowest BCUT2D eigenvalue weighted by Crippen LogP contribution is -2.24. The fourth-order valence-electron chi connectivity index (χ4n) is 2.98. The number of fused-ring (bicyclic) bond motifs is 1. The summed E-state index contributed by atoms with van der Waals surface area (Å²) in [5.41, 5.74) is 3.47. The van der Waals surface area contributed by atoms with Crippen molar-refractivity contribution in [3.63, 3.8) is 0 Å². The van der Waals surface area contributed by atoms with Gasteiger partial charge in [0.25, 0.3) is 5.56 Å². The van der Waals surface area contributed by atoms with Crippen LogP contribution in [-0.2, 0) is 11.3 Å². The van der Waals surface area contributed by atoms with Crippen LogP contribution in [0, 0.1) is 13.8 Å². The van der Waals surface area contributed by atoms with Crippen LogP contribution >= 0.6 is 11.6 Å². The normalized spacial score (nSPS) is 10.8. The van der Waals surface area contributed by atoms with Crippen molar-refractivity contribution in [3.05, 3.63) is 75.0 Å². The summed E-state index contributed by atoms with van der Waals surface area (Å²) in [5.74, 6) is -0.142. The third-order valence-electron chi connectivity index (χ3n) is 4.23. The van der Waals surface area contributed by atoms with Crippen molar-refractivity contribution in [2.45, 2.75) is 26.8 Å². The Bertz CT molecular complexity index is 991. The molecule has 25 heavy (non-hydrogen) atoms. The average Bonchev–Trinajstić information content (AvgIpc) is 2.57. The van der Waals surface area contributed by atoms with Gasteiger partial charge in [-0.3, -0.25) is 9.59 Å². The zero-order valence-electron chi connectivity index (χ0n) is 14.2. The van der Waals surface area contributed by atoms with E-state index in [1.807, 2.05) is 32.0 Å². The van der Waals surface area contributed by atoms with Crippen LogP contribution < -0.4 is 10.9 Å². The van der Waals surface area contributed by atoms with E-state index in [9.17, 15) is 9.59 Å². The molecule has 5 heteroatoms. The van der Waals surface area contributed by atoms with Crippen molar-refractivity contribution in [2.75, 3.05) is 5.32 Å².